The molecule has 82 valence electrons. The highest BCUT2D eigenvalue weighted by Gasteiger charge is 2.60. The Bertz CT molecular complexity index is 300. The second-order valence-electron chi connectivity index (χ2n) is 4.94. The van der Waals surface area contributed by atoms with Crippen molar-refractivity contribution in [3.63, 3.8) is 0 Å². The standard InChI is InChI=1S/C11H15NO3/c13-4-3-12-10(14)8-6-1-2-7(5-6)9(8)11(12)15/h6-9,13H,1-5H2/t6-,7+,8-,9-/m1/s1. The van der Waals surface area contributed by atoms with Gasteiger partial charge in [0.1, 0.15) is 0 Å². The van der Waals surface area contributed by atoms with Crippen molar-refractivity contribution >= 4 is 11.8 Å². The normalized spacial score (nSPS) is 42.9. The molecule has 0 radical (unpaired) electrons. The molecule has 0 spiro atoms. The van der Waals surface area contributed by atoms with Gasteiger partial charge in [0.2, 0.25) is 11.8 Å². The van der Waals surface area contributed by atoms with Crippen LogP contribution in [-0.4, -0.2) is 35.0 Å². The summed E-state index contributed by atoms with van der Waals surface area (Å²) in [5.41, 5.74) is 0. The van der Waals surface area contributed by atoms with E-state index in [1.807, 2.05) is 0 Å². The Morgan fingerprint density at radius 3 is 2.13 bits per heavy atom. The summed E-state index contributed by atoms with van der Waals surface area (Å²) in [5, 5.41) is 8.83. The third-order valence-corrected chi connectivity index (χ3v) is 4.34. The third-order valence-electron chi connectivity index (χ3n) is 4.34. The van der Waals surface area contributed by atoms with Gasteiger partial charge in [-0.2, -0.15) is 0 Å². The molecule has 2 amide bonds. The van der Waals surface area contributed by atoms with E-state index in [0.29, 0.717) is 11.8 Å². The Labute approximate surface area is 88.2 Å². The summed E-state index contributed by atoms with van der Waals surface area (Å²) in [5.74, 6) is 0.767. The minimum Gasteiger partial charge on any atom is -0.395 e. The number of fused-ring (bicyclic) bond motifs is 5. The number of rotatable bonds is 2. The van der Waals surface area contributed by atoms with Gasteiger partial charge in [-0.25, -0.2) is 0 Å². The van der Waals surface area contributed by atoms with E-state index in [1.165, 1.54) is 4.90 Å². The van der Waals surface area contributed by atoms with E-state index in [-0.39, 0.29) is 36.8 Å². The Morgan fingerprint density at radius 2 is 1.67 bits per heavy atom. The third kappa shape index (κ3) is 1.06. The number of imide groups is 1. The Hall–Kier alpha value is -0.900. The number of carbonyl (C=O) groups is 2. The molecule has 4 nitrogen and oxygen atoms in total. The van der Waals surface area contributed by atoms with Gasteiger partial charge in [0.15, 0.2) is 0 Å². The van der Waals surface area contributed by atoms with Crippen LogP contribution < -0.4 is 0 Å². The van der Waals surface area contributed by atoms with Crippen LogP contribution in [0.2, 0.25) is 0 Å². The van der Waals surface area contributed by atoms with Crippen molar-refractivity contribution in [3.05, 3.63) is 0 Å². The lowest BCUT2D eigenvalue weighted by molar-refractivity contribution is -0.141. The monoisotopic (exact) mass is 209 g/mol. The van der Waals surface area contributed by atoms with E-state index in [9.17, 15) is 9.59 Å². The first-order valence-electron chi connectivity index (χ1n) is 5.70. The van der Waals surface area contributed by atoms with Gasteiger partial charge in [0, 0.05) is 0 Å². The number of amides is 2. The zero-order valence-electron chi connectivity index (χ0n) is 8.56. The van der Waals surface area contributed by atoms with E-state index < -0.39 is 0 Å². The molecule has 3 fully saturated rings. The van der Waals surface area contributed by atoms with Crippen molar-refractivity contribution in [1.82, 2.24) is 4.90 Å². The lowest BCUT2D eigenvalue weighted by atomic mass is 9.81. The van der Waals surface area contributed by atoms with Gasteiger partial charge in [0.25, 0.3) is 0 Å². The van der Waals surface area contributed by atoms with Gasteiger partial charge in [0.05, 0.1) is 25.0 Å². The van der Waals surface area contributed by atoms with Crippen molar-refractivity contribution in [2.75, 3.05) is 13.2 Å². The van der Waals surface area contributed by atoms with Crippen LogP contribution in [-0.2, 0) is 9.59 Å². The molecule has 15 heavy (non-hydrogen) atoms. The lowest BCUT2D eigenvalue weighted by Gasteiger charge is -2.19. The Morgan fingerprint density at radius 1 is 1.13 bits per heavy atom. The average molecular weight is 209 g/mol. The van der Waals surface area contributed by atoms with Gasteiger partial charge >= 0.3 is 0 Å². The van der Waals surface area contributed by atoms with Gasteiger partial charge in [-0.15, -0.1) is 0 Å². The lowest BCUT2D eigenvalue weighted by Crippen LogP contribution is -2.35. The van der Waals surface area contributed by atoms with Gasteiger partial charge in [-0.1, -0.05) is 0 Å². The second kappa shape index (κ2) is 3.04. The predicted octanol–water partition coefficient (Wildman–Crippen LogP) is 0.00980. The molecule has 0 aromatic heterocycles. The second-order valence-corrected chi connectivity index (χ2v) is 4.94. The summed E-state index contributed by atoms with van der Waals surface area (Å²) in [6, 6.07) is 0. The highest BCUT2D eigenvalue weighted by atomic mass is 16.3. The van der Waals surface area contributed by atoms with Crippen LogP contribution in [0.5, 0.6) is 0 Å². The SMILES string of the molecule is O=C1[C@@H]2[C@@H]3CC[C@@H](C3)[C@H]2C(=O)N1CCO. The summed E-state index contributed by atoms with van der Waals surface area (Å²) in [4.78, 5) is 25.2. The van der Waals surface area contributed by atoms with Crippen molar-refractivity contribution in [1.29, 1.82) is 0 Å². The summed E-state index contributed by atoms with van der Waals surface area (Å²) in [6.07, 6.45) is 3.29. The number of hydrogen-bond acceptors (Lipinski definition) is 3. The fraction of sp³-hybridized carbons (Fsp3) is 0.818. The van der Waals surface area contributed by atoms with Crippen molar-refractivity contribution in [2.24, 2.45) is 23.7 Å². The van der Waals surface area contributed by atoms with Gasteiger partial charge in [-0.05, 0) is 31.1 Å². The first kappa shape index (κ1) is 9.33. The van der Waals surface area contributed by atoms with E-state index in [1.54, 1.807) is 0 Å². The van der Waals surface area contributed by atoms with Gasteiger partial charge < -0.3 is 5.11 Å². The molecule has 4 heteroatoms. The van der Waals surface area contributed by atoms with Crippen LogP contribution >= 0.6 is 0 Å². The molecule has 3 rings (SSSR count). The van der Waals surface area contributed by atoms with E-state index in [0.717, 1.165) is 19.3 Å². The van der Waals surface area contributed by atoms with E-state index >= 15 is 0 Å². The molecule has 2 aliphatic carbocycles. The molecular weight excluding hydrogens is 194 g/mol. The molecular formula is C11H15NO3. The minimum atomic E-state index is -0.119. The number of aliphatic hydroxyl groups excluding tert-OH is 1. The largest absolute Gasteiger partial charge is 0.395 e. The number of carbonyl (C=O) groups excluding carboxylic acids is 2. The summed E-state index contributed by atoms with van der Waals surface area (Å²) >= 11 is 0. The number of hydrogen-bond donors (Lipinski definition) is 1. The van der Waals surface area contributed by atoms with Crippen LogP contribution in [0, 0.1) is 23.7 Å². The van der Waals surface area contributed by atoms with Crippen molar-refractivity contribution in [3.8, 4) is 0 Å². The topological polar surface area (TPSA) is 57.6 Å². The fourth-order valence-corrected chi connectivity index (χ4v) is 3.79. The highest BCUT2D eigenvalue weighted by Crippen LogP contribution is 2.55. The van der Waals surface area contributed by atoms with Crippen LogP contribution in [0.4, 0.5) is 0 Å². The van der Waals surface area contributed by atoms with E-state index in [4.69, 9.17) is 5.11 Å². The Kier molecular flexibility index (Phi) is 1.89. The summed E-state index contributed by atoms with van der Waals surface area (Å²) in [7, 11) is 0. The quantitative estimate of drug-likeness (QED) is 0.652. The molecule has 1 heterocycles. The van der Waals surface area contributed by atoms with Crippen LogP contribution in [0.25, 0.3) is 0 Å². The number of β-amino-alcohol motifs (C(OH)–C–C–N with tert-alkyl or cyclic N) is 1. The fourth-order valence-electron chi connectivity index (χ4n) is 3.79. The van der Waals surface area contributed by atoms with Crippen molar-refractivity contribution in [2.45, 2.75) is 19.3 Å². The van der Waals surface area contributed by atoms with Crippen LogP contribution in [0.15, 0.2) is 0 Å². The first-order chi connectivity index (χ1) is 7.24. The molecule has 3 aliphatic rings. The molecule has 0 aromatic rings. The number of aliphatic hydroxyl groups is 1. The molecule has 1 aliphatic heterocycles. The Balaban J connectivity index is 1.90. The minimum absolute atomic E-state index is 0.0220. The zero-order valence-corrected chi connectivity index (χ0v) is 8.56. The molecule has 2 saturated carbocycles. The van der Waals surface area contributed by atoms with E-state index in [2.05, 4.69) is 0 Å². The first-order valence-corrected chi connectivity index (χ1v) is 5.70. The maximum absolute atomic E-state index is 12.0. The molecule has 1 N–H and O–H groups in total. The maximum Gasteiger partial charge on any atom is 0.233 e. The maximum atomic E-state index is 12.0. The molecule has 4 atom stereocenters. The average Bonchev–Trinajstić information content (AvgIpc) is 2.87. The number of nitrogens with zero attached hydrogens (tertiary/aromatic N) is 1. The highest BCUT2D eigenvalue weighted by molar-refractivity contribution is 6.06. The predicted molar refractivity (Wildman–Crippen MR) is 51.6 cm³/mol. The van der Waals surface area contributed by atoms with Crippen molar-refractivity contribution < 1.29 is 14.7 Å². The zero-order chi connectivity index (χ0) is 10.6. The smallest absolute Gasteiger partial charge is 0.233 e. The summed E-state index contributed by atoms with van der Waals surface area (Å²) < 4.78 is 0. The molecule has 2 bridgehead atoms. The van der Waals surface area contributed by atoms with Crippen LogP contribution in [0.3, 0.4) is 0 Å². The molecule has 0 aromatic carbocycles. The van der Waals surface area contributed by atoms with Crippen LogP contribution in [0.1, 0.15) is 19.3 Å². The molecule has 0 unspecified atom stereocenters. The van der Waals surface area contributed by atoms with Gasteiger partial charge in [-0.3, -0.25) is 14.5 Å². The molecule has 1 saturated heterocycles. The summed E-state index contributed by atoms with van der Waals surface area (Å²) in [6.45, 7) is 0.0658. The number of likely N-dealkylation sites (tertiary alicyclic amines) is 1.